The van der Waals surface area contributed by atoms with Gasteiger partial charge in [0, 0.05) is 31.1 Å². The fourth-order valence-electron chi connectivity index (χ4n) is 1.82. The molecule has 0 aliphatic rings. The number of thiazole rings is 1. The molecule has 2 aromatic rings. The van der Waals surface area contributed by atoms with Crippen molar-refractivity contribution in [3.8, 4) is 0 Å². The normalized spacial score (nSPS) is 10.4. The summed E-state index contributed by atoms with van der Waals surface area (Å²) in [4.78, 5) is 20.6. The lowest BCUT2D eigenvalue weighted by atomic mass is 10.2. The molecule has 6 heteroatoms. The number of aromatic nitrogens is 2. The number of anilines is 1. The number of hydrogen-bond donors (Lipinski definition) is 2. The fraction of sp³-hybridized carbons (Fsp3) is 0.400. The van der Waals surface area contributed by atoms with E-state index >= 15 is 0 Å². The van der Waals surface area contributed by atoms with Gasteiger partial charge in [-0.15, -0.1) is 11.3 Å². The van der Waals surface area contributed by atoms with Crippen molar-refractivity contribution in [1.29, 1.82) is 0 Å². The van der Waals surface area contributed by atoms with Crippen molar-refractivity contribution in [3.63, 3.8) is 0 Å². The second kappa shape index (κ2) is 7.73. The van der Waals surface area contributed by atoms with Crippen LogP contribution in [0.15, 0.2) is 23.7 Å². The first-order valence-electron chi connectivity index (χ1n) is 7.08. The molecule has 5 nitrogen and oxygen atoms in total. The van der Waals surface area contributed by atoms with E-state index < -0.39 is 0 Å². The van der Waals surface area contributed by atoms with Crippen LogP contribution in [-0.4, -0.2) is 29.0 Å². The fourth-order valence-corrected chi connectivity index (χ4v) is 2.46. The largest absolute Gasteiger partial charge is 0.370 e. The lowest BCUT2D eigenvalue weighted by Crippen LogP contribution is -2.25. The third kappa shape index (κ3) is 4.82. The Morgan fingerprint density at radius 2 is 2.19 bits per heavy atom. The van der Waals surface area contributed by atoms with Crippen LogP contribution >= 0.6 is 11.3 Å². The van der Waals surface area contributed by atoms with Gasteiger partial charge in [-0.1, -0.05) is 6.92 Å². The summed E-state index contributed by atoms with van der Waals surface area (Å²) < 4.78 is 0. The first kappa shape index (κ1) is 15.4. The maximum Gasteiger partial charge on any atom is 0.252 e. The molecule has 2 rings (SSSR count). The average molecular weight is 304 g/mol. The molecule has 0 spiro atoms. The van der Waals surface area contributed by atoms with E-state index in [1.54, 1.807) is 23.6 Å². The van der Waals surface area contributed by atoms with Crippen LogP contribution in [0.5, 0.6) is 0 Å². The summed E-state index contributed by atoms with van der Waals surface area (Å²) in [5.74, 6) is 0.697. The van der Waals surface area contributed by atoms with Crippen molar-refractivity contribution >= 4 is 23.1 Å². The van der Waals surface area contributed by atoms with Crippen LogP contribution in [0.1, 0.15) is 34.4 Å². The Labute approximate surface area is 128 Å². The lowest BCUT2D eigenvalue weighted by molar-refractivity contribution is 0.0954. The second-order valence-electron chi connectivity index (χ2n) is 4.72. The SMILES string of the molecule is CCCNc1ccc(C(=O)NCCc2csc(C)n2)cn1. The molecule has 0 aromatic carbocycles. The number of aryl methyl sites for hydroxylation is 1. The van der Waals surface area contributed by atoms with E-state index in [-0.39, 0.29) is 5.91 Å². The summed E-state index contributed by atoms with van der Waals surface area (Å²) in [5, 5.41) is 9.14. The van der Waals surface area contributed by atoms with Gasteiger partial charge in [0.15, 0.2) is 0 Å². The molecule has 0 aliphatic heterocycles. The summed E-state index contributed by atoms with van der Waals surface area (Å²) in [5.41, 5.74) is 1.60. The third-order valence-corrected chi connectivity index (χ3v) is 3.74. The highest BCUT2D eigenvalue weighted by atomic mass is 32.1. The van der Waals surface area contributed by atoms with Gasteiger partial charge in [-0.05, 0) is 25.5 Å². The molecule has 112 valence electrons. The molecule has 2 N–H and O–H groups in total. The zero-order chi connectivity index (χ0) is 15.1. The quantitative estimate of drug-likeness (QED) is 0.825. The molecule has 21 heavy (non-hydrogen) atoms. The molecule has 0 radical (unpaired) electrons. The number of amides is 1. The number of hydrogen-bond acceptors (Lipinski definition) is 5. The maximum absolute atomic E-state index is 12.0. The summed E-state index contributed by atoms with van der Waals surface area (Å²) in [6.45, 7) is 5.54. The number of nitrogens with zero attached hydrogens (tertiary/aromatic N) is 2. The van der Waals surface area contributed by atoms with Gasteiger partial charge >= 0.3 is 0 Å². The predicted octanol–water partition coefficient (Wildman–Crippen LogP) is 2.64. The topological polar surface area (TPSA) is 66.9 Å². The van der Waals surface area contributed by atoms with Gasteiger partial charge in [0.05, 0.1) is 16.3 Å². The van der Waals surface area contributed by atoms with Gasteiger partial charge in [0.1, 0.15) is 5.82 Å². The van der Waals surface area contributed by atoms with Gasteiger partial charge in [-0.25, -0.2) is 9.97 Å². The predicted molar refractivity (Wildman–Crippen MR) is 85.9 cm³/mol. The minimum Gasteiger partial charge on any atom is -0.370 e. The standard InChI is InChI=1S/C15H20N4OS/c1-3-7-16-14-5-4-12(9-18-14)15(20)17-8-6-13-10-21-11(2)19-13/h4-5,9-10H,3,6-8H2,1-2H3,(H,16,18)(H,17,20). The lowest BCUT2D eigenvalue weighted by Gasteiger charge is -2.06. The van der Waals surface area contributed by atoms with E-state index in [0.717, 1.165) is 35.9 Å². The average Bonchev–Trinajstić information content (AvgIpc) is 2.91. The molecule has 0 aliphatic carbocycles. The zero-order valence-electron chi connectivity index (χ0n) is 12.3. The Morgan fingerprint density at radius 1 is 1.33 bits per heavy atom. The molecule has 0 atom stereocenters. The van der Waals surface area contributed by atoms with Gasteiger partial charge in [0.25, 0.3) is 5.91 Å². The monoisotopic (exact) mass is 304 g/mol. The van der Waals surface area contributed by atoms with Crippen LogP contribution in [0.2, 0.25) is 0 Å². The van der Waals surface area contributed by atoms with Crippen molar-refractivity contribution in [1.82, 2.24) is 15.3 Å². The van der Waals surface area contributed by atoms with Gasteiger partial charge in [-0.2, -0.15) is 0 Å². The van der Waals surface area contributed by atoms with Crippen molar-refractivity contribution in [2.24, 2.45) is 0 Å². The van der Waals surface area contributed by atoms with Crippen molar-refractivity contribution in [2.45, 2.75) is 26.7 Å². The molecule has 0 fully saturated rings. The van der Waals surface area contributed by atoms with Crippen molar-refractivity contribution in [2.75, 3.05) is 18.4 Å². The van der Waals surface area contributed by atoms with Crippen LogP contribution in [0.25, 0.3) is 0 Å². The Morgan fingerprint density at radius 3 is 2.81 bits per heavy atom. The van der Waals surface area contributed by atoms with Gasteiger partial charge in [-0.3, -0.25) is 4.79 Å². The van der Waals surface area contributed by atoms with Crippen molar-refractivity contribution < 1.29 is 4.79 Å². The molecule has 1 amide bonds. The highest BCUT2D eigenvalue weighted by Crippen LogP contribution is 2.08. The number of pyridine rings is 1. The van der Waals surface area contributed by atoms with E-state index in [0.29, 0.717) is 12.1 Å². The number of rotatable bonds is 7. The Kier molecular flexibility index (Phi) is 5.68. The van der Waals surface area contributed by atoms with Crippen LogP contribution in [0.3, 0.4) is 0 Å². The molecule has 0 saturated heterocycles. The zero-order valence-corrected chi connectivity index (χ0v) is 13.2. The third-order valence-electron chi connectivity index (χ3n) is 2.92. The van der Waals surface area contributed by atoms with Crippen LogP contribution in [0, 0.1) is 6.92 Å². The van der Waals surface area contributed by atoms with Crippen LogP contribution in [0.4, 0.5) is 5.82 Å². The molecular formula is C15H20N4OS. The van der Waals surface area contributed by atoms with Crippen molar-refractivity contribution in [3.05, 3.63) is 40.0 Å². The molecule has 0 unspecified atom stereocenters. The highest BCUT2D eigenvalue weighted by Gasteiger charge is 2.06. The number of nitrogens with one attached hydrogen (secondary N) is 2. The number of carbonyl (C=O) groups is 1. The summed E-state index contributed by atoms with van der Waals surface area (Å²) >= 11 is 1.63. The Balaban J connectivity index is 1.79. The second-order valence-corrected chi connectivity index (χ2v) is 5.78. The minimum atomic E-state index is -0.100. The molecule has 2 aromatic heterocycles. The van der Waals surface area contributed by atoms with Crippen LogP contribution < -0.4 is 10.6 Å². The summed E-state index contributed by atoms with van der Waals surface area (Å²) in [7, 11) is 0. The van der Waals surface area contributed by atoms with E-state index in [1.165, 1.54) is 0 Å². The maximum atomic E-state index is 12.0. The summed E-state index contributed by atoms with van der Waals surface area (Å²) in [6.07, 6.45) is 3.39. The minimum absolute atomic E-state index is 0.100. The number of carbonyl (C=O) groups excluding carboxylic acids is 1. The first-order valence-corrected chi connectivity index (χ1v) is 7.96. The van der Waals surface area contributed by atoms with Gasteiger partial charge in [0.2, 0.25) is 0 Å². The molecular weight excluding hydrogens is 284 g/mol. The van der Waals surface area contributed by atoms with E-state index in [1.807, 2.05) is 18.4 Å². The van der Waals surface area contributed by atoms with Gasteiger partial charge < -0.3 is 10.6 Å². The first-order chi connectivity index (χ1) is 10.2. The van der Waals surface area contributed by atoms with Crippen LogP contribution in [-0.2, 0) is 6.42 Å². The molecule has 0 bridgehead atoms. The Bertz CT molecular complexity index is 580. The smallest absolute Gasteiger partial charge is 0.252 e. The van der Waals surface area contributed by atoms with E-state index in [9.17, 15) is 4.79 Å². The van der Waals surface area contributed by atoms with E-state index in [4.69, 9.17) is 0 Å². The summed E-state index contributed by atoms with van der Waals surface area (Å²) in [6, 6.07) is 3.61. The molecule has 0 saturated carbocycles. The van der Waals surface area contributed by atoms with E-state index in [2.05, 4.69) is 27.5 Å². The molecule has 2 heterocycles. The highest BCUT2D eigenvalue weighted by molar-refractivity contribution is 7.09. The Hall–Kier alpha value is -1.95.